The van der Waals surface area contributed by atoms with Gasteiger partial charge in [-0.25, -0.2) is 9.78 Å². The summed E-state index contributed by atoms with van der Waals surface area (Å²) in [6, 6.07) is 6.18. The molecule has 2 heterocycles. The highest BCUT2D eigenvalue weighted by atomic mass is 79.9. The van der Waals surface area contributed by atoms with E-state index in [2.05, 4.69) is 31.2 Å². The Balaban J connectivity index is 2.31. The van der Waals surface area contributed by atoms with Crippen LogP contribution in [0.2, 0.25) is 0 Å². The van der Waals surface area contributed by atoms with Gasteiger partial charge in [0.1, 0.15) is 11.5 Å². The fourth-order valence-corrected chi connectivity index (χ4v) is 1.76. The predicted octanol–water partition coefficient (Wildman–Crippen LogP) is 2.19. The first-order valence-electron chi connectivity index (χ1n) is 5.20. The van der Waals surface area contributed by atoms with Crippen LogP contribution >= 0.6 is 15.9 Å². The maximum Gasteiger partial charge on any atom is 0.338 e. The van der Waals surface area contributed by atoms with Crippen LogP contribution in [-0.2, 0) is 0 Å². The SMILES string of the molecule is O=C(O)c1cccnc1C(=O)Nc1ncccc1Br. The van der Waals surface area contributed by atoms with E-state index < -0.39 is 11.9 Å². The van der Waals surface area contributed by atoms with Crippen LogP contribution in [0.15, 0.2) is 41.1 Å². The summed E-state index contributed by atoms with van der Waals surface area (Å²) in [5, 5.41) is 11.5. The molecule has 1 amide bonds. The summed E-state index contributed by atoms with van der Waals surface area (Å²) in [6.45, 7) is 0. The molecule has 0 aromatic carbocycles. The van der Waals surface area contributed by atoms with Gasteiger partial charge in [-0.3, -0.25) is 9.78 Å². The van der Waals surface area contributed by atoms with Crippen molar-refractivity contribution in [3.63, 3.8) is 0 Å². The maximum atomic E-state index is 12.0. The van der Waals surface area contributed by atoms with E-state index in [1.54, 1.807) is 12.1 Å². The molecule has 2 aromatic heterocycles. The lowest BCUT2D eigenvalue weighted by atomic mass is 10.2. The molecule has 0 saturated carbocycles. The fraction of sp³-hybridized carbons (Fsp3) is 0. The van der Waals surface area contributed by atoms with Crippen LogP contribution in [0.1, 0.15) is 20.8 Å². The summed E-state index contributed by atoms with van der Waals surface area (Å²) in [5.74, 6) is -1.54. The van der Waals surface area contributed by atoms with Gasteiger partial charge < -0.3 is 10.4 Å². The van der Waals surface area contributed by atoms with Crippen LogP contribution in [0.25, 0.3) is 0 Å². The van der Waals surface area contributed by atoms with Crippen molar-refractivity contribution in [1.29, 1.82) is 0 Å². The number of carbonyl (C=O) groups excluding carboxylic acids is 1. The molecule has 2 rings (SSSR count). The number of rotatable bonds is 3. The van der Waals surface area contributed by atoms with Crippen molar-refractivity contribution in [2.75, 3.05) is 5.32 Å². The van der Waals surface area contributed by atoms with Crippen LogP contribution in [0, 0.1) is 0 Å². The van der Waals surface area contributed by atoms with E-state index in [0.29, 0.717) is 10.3 Å². The number of aromatic nitrogens is 2. The molecular weight excluding hydrogens is 314 g/mol. The van der Waals surface area contributed by atoms with Crippen molar-refractivity contribution in [2.24, 2.45) is 0 Å². The Hall–Kier alpha value is -2.28. The molecule has 2 N–H and O–H groups in total. The molecule has 0 spiro atoms. The van der Waals surface area contributed by atoms with Gasteiger partial charge in [-0.15, -0.1) is 0 Å². The highest BCUT2D eigenvalue weighted by Crippen LogP contribution is 2.19. The Kier molecular flexibility index (Phi) is 3.86. The largest absolute Gasteiger partial charge is 0.478 e. The van der Waals surface area contributed by atoms with Gasteiger partial charge in [0.25, 0.3) is 5.91 Å². The average molecular weight is 322 g/mol. The minimum Gasteiger partial charge on any atom is -0.478 e. The van der Waals surface area contributed by atoms with E-state index in [1.165, 1.54) is 24.5 Å². The molecule has 0 atom stereocenters. The third-order valence-corrected chi connectivity index (χ3v) is 2.88. The third-order valence-electron chi connectivity index (χ3n) is 2.24. The number of hydrogen-bond acceptors (Lipinski definition) is 4. The maximum absolute atomic E-state index is 12.0. The summed E-state index contributed by atoms with van der Waals surface area (Å²) >= 11 is 3.23. The number of anilines is 1. The van der Waals surface area contributed by atoms with Gasteiger partial charge in [0.15, 0.2) is 0 Å². The number of nitrogens with one attached hydrogen (secondary N) is 1. The lowest BCUT2D eigenvalue weighted by Crippen LogP contribution is -2.19. The van der Waals surface area contributed by atoms with Gasteiger partial charge in [0.2, 0.25) is 0 Å². The number of halogens is 1. The third kappa shape index (κ3) is 2.94. The number of hydrogen-bond donors (Lipinski definition) is 2. The standard InChI is InChI=1S/C12H8BrN3O3/c13-8-4-2-6-15-10(8)16-11(17)9-7(12(18)19)3-1-5-14-9/h1-6H,(H,18,19)(H,15,16,17). The molecule has 2 aromatic rings. The van der Waals surface area contributed by atoms with Gasteiger partial charge in [0.05, 0.1) is 10.0 Å². The second-order valence-electron chi connectivity index (χ2n) is 3.49. The van der Waals surface area contributed by atoms with Crippen LogP contribution in [0.5, 0.6) is 0 Å². The predicted molar refractivity (Wildman–Crippen MR) is 71.1 cm³/mol. The van der Waals surface area contributed by atoms with Crippen molar-refractivity contribution in [3.05, 3.63) is 52.4 Å². The van der Waals surface area contributed by atoms with Crippen LogP contribution < -0.4 is 5.32 Å². The average Bonchev–Trinajstić information content (AvgIpc) is 2.41. The molecule has 19 heavy (non-hydrogen) atoms. The number of aromatic carboxylic acids is 1. The molecule has 7 heteroatoms. The van der Waals surface area contributed by atoms with Gasteiger partial charge in [-0.2, -0.15) is 0 Å². The minimum atomic E-state index is -1.21. The van der Waals surface area contributed by atoms with Crippen molar-refractivity contribution >= 4 is 33.6 Å². The van der Waals surface area contributed by atoms with E-state index in [4.69, 9.17) is 5.11 Å². The highest BCUT2D eigenvalue weighted by molar-refractivity contribution is 9.10. The molecule has 6 nitrogen and oxygen atoms in total. The summed E-state index contributed by atoms with van der Waals surface area (Å²) < 4.78 is 0.594. The van der Waals surface area contributed by atoms with Gasteiger partial charge >= 0.3 is 5.97 Å². The normalized spacial score (nSPS) is 9.95. The first-order valence-corrected chi connectivity index (χ1v) is 5.99. The zero-order chi connectivity index (χ0) is 13.8. The molecule has 0 aliphatic heterocycles. The van der Waals surface area contributed by atoms with E-state index in [9.17, 15) is 9.59 Å². The van der Waals surface area contributed by atoms with Crippen molar-refractivity contribution in [1.82, 2.24) is 9.97 Å². The van der Waals surface area contributed by atoms with E-state index >= 15 is 0 Å². The van der Waals surface area contributed by atoms with E-state index in [0.717, 1.165) is 0 Å². The highest BCUT2D eigenvalue weighted by Gasteiger charge is 2.18. The summed E-state index contributed by atoms with van der Waals surface area (Å²) in [5.41, 5.74) is -0.320. The molecule has 0 saturated heterocycles. The second-order valence-corrected chi connectivity index (χ2v) is 4.35. The first-order chi connectivity index (χ1) is 9.09. The van der Waals surface area contributed by atoms with Gasteiger partial charge in [-0.05, 0) is 40.2 Å². The summed E-state index contributed by atoms with van der Waals surface area (Å²) in [6.07, 6.45) is 2.87. The Bertz CT molecular complexity index is 646. The molecule has 96 valence electrons. The van der Waals surface area contributed by atoms with Crippen LogP contribution in [-0.4, -0.2) is 27.0 Å². The zero-order valence-corrected chi connectivity index (χ0v) is 11.1. The summed E-state index contributed by atoms with van der Waals surface area (Å²) in [4.78, 5) is 30.7. The molecule has 0 fully saturated rings. The number of nitrogens with zero attached hydrogens (tertiary/aromatic N) is 2. The molecule has 0 aliphatic carbocycles. The quantitative estimate of drug-likeness (QED) is 0.904. The summed E-state index contributed by atoms with van der Waals surface area (Å²) in [7, 11) is 0. The van der Waals surface area contributed by atoms with E-state index in [-0.39, 0.29) is 11.3 Å². The van der Waals surface area contributed by atoms with Gasteiger partial charge in [-0.1, -0.05) is 0 Å². The number of pyridine rings is 2. The Labute approximate surface area is 116 Å². The number of carbonyl (C=O) groups is 2. The van der Waals surface area contributed by atoms with Crippen molar-refractivity contribution in [2.45, 2.75) is 0 Å². The molecular formula is C12H8BrN3O3. The lowest BCUT2D eigenvalue weighted by Gasteiger charge is -2.07. The van der Waals surface area contributed by atoms with Crippen LogP contribution in [0.4, 0.5) is 5.82 Å². The number of carboxylic acid groups (broad SMARTS) is 1. The molecule has 0 aliphatic rings. The molecule has 0 unspecified atom stereocenters. The smallest absolute Gasteiger partial charge is 0.338 e. The van der Waals surface area contributed by atoms with Crippen molar-refractivity contribution in [3.8, 4) is 0 Å². The Morgan fingerprint density at radius 1 is 1.16 bits per heavy atom. The number of amides is 1. The lowest BCUT2D eigenvalue weighted by molar-refractivity contribution is 0.0691. The topological polar surface area (TPSA) is 92.2 Å². The van der Waals surface area contributed by atoms with Crippen LogP contribution in [0.3, 0.4) is 0 Å². The number of carboxylic acids is 1. The Morgan fingerprint density at radius 3 is 2.53 bits per heavy atom. The fourth-order valence-electron chi connectivity index (χ4n) is 1.40. The first kappa shape index (κ1) is 13.2. The monoisotopic (exact) mass is 321 g/mol. The van der Waals surface area contributed by atoms with Gasteiger partial charge in [0, 0.05) is 12.4 Å². The minimum absolute atomic E-state index is 0.160. The second kappa shape index (κ2) is 5.57. The molecule has 0 bridgehead atoms. The zero-order valence-electron chi connectivity index (χ0n) is 9.50. The molecule has 0 radical (unpaired) electrons. The van der Waals surface area contributed by atoms with Crippen molar-refractivity contribution < 1.29 is 14.7 Å². The van der Waals surface area contributed by atoms with E-state index in [1.807, 2.05) is 0 Å². The Morgan fingerprint density at radius 2 is 1.84 bits per heavy atom.